The van der Waals surface area contributed by atoms with Gasteiger partial charge in [0.15, 0.2) is 11.5 Å². The second-order valence-electron chi connectivity index (χ2n) is 5.30. The van der Waals surface area contributed by atoms with Gasteiger partial charge in [-0.05, 0) is 29.7 Å². The van der Waals surface area contributed by atoms with E-state index < -0.39 is 0 Å². The molecule has 0 fully saturated rings. The number of hydrogen-bond donors (Lipinski definition) is 3. The zero-order valence-electron chi connectivity index (χ0n) is 12.1. The molecule has 0 saturated heterocycles. The minimum absolute atomic E-state index is 0. The Kier molecular flexibility index (Phi) is 5.28. The topological polar surface area (TPSA) is 64.9 Å². The summed E-state index contributed by atoms with van der Waals surface area (Å²) in [5, 5.41) is 22.1. The molecule has 116 valence electrons. The van der Waals surface area contributed by atoms with Crippen molar-refractivity contribution in [1.29, 1.82) is 0 Å². The number of hydrogen-bond acceptors (Lipinski definition) is 4. The molecule has 4 nitrogen and oxygen atoms in total. The van der Waals surface area contributed by atoms with Crippen molar-refractivity contribution in [3.05, 3.63) is 59.7 Å². The van der Waals surface area contributed by atoms with Gasteiger partial charge in [0.1, 0.15) is 5.84 Å². The van der Waals surface area contributed by atoms with Crippen LogP contribution in [0.15, 0.2) is 53.5 Å². The predicted molar refractivity (Wildman–Crippen MR) is 90.1 cm³/mol. The number of aliphatic imine (C=N–C) groups is 1. The van der Waals surface area contributed by atoms with Gasteiger partial charge in [-0.15, -0.1) is 12.4 Å². The lowest BCUT2D eigenvalue weighted by Crippen LogP contribution is -2.23. The summed E-state index contributed by atoms with van der Waals surface area (Å²) in [5.41, 5.74) is 2.22. The fourth-order valence-corrected chi connectivity index (χ4v) is 2.53. The second-order valence-corrected chi connectivity index (χ2v) is 5.30. The van der Waals surface area contributed by atoms with Gasteiger partial charge in [-0.25, -0.2) is 0 Å². The third-order valence-electron chi connectivity index (χ3n) is 3.61. The Balaban J connectivity index is 0.00000176. The van der Waals surface area contributed by atoms with E-state index in [2.05, 4.69) is 17.4 Å². The van der Waals surface area contributed by atoms with Gasteiger partial charge in [0.2, 0.25) is 0 Å². The first kappa shape index (κ1) is 16.2. The lowest BCUT2D eigenvalue weighted by atomic mass is 10.1. The summed E-state index contributed by atoms with van der Waals surface area (Å²) in [5.74, 6) is 0.745. The van der Waals surface area contributed by atoms with Crippen LogP contribution in [0.25, 0.3) is 0 Å². The molecule has 1 atom stereocenters. The Morgan fingerprint density at radius 1 is 1.00 bits per heavy atom. The molecule has 0 saturated carbocycles. The predicted octanol–water partition coefficient (Wildman–Crippen LogP) is 2.68. The number of phenols is 2. The number of benzene rings is 2. The van der Waals surface area contributed by atoms with Crippen molar-refractivity contribution in [3.63, 3.8) is 0 Å². The number of nitrogens with one attached hydrogen (secondary N) is 1. The Morgan fingerprint density at radius 3 is 2.50 bits per heavy atom. The van der Waals surface area contributed by atoms with E-state index in [0.29, 0.717) is 6.42 Å². The maximum Gasteiger partial charge on any atom is 0.157 e. The summed E-state index contributed by atoms with van der Waals surface area (Å²) in [7, 11) is 0. The van der Waals surface area contributed by atoms with Crippen molar-refractivity contribution in [1.82, 2.24) is 5.32 Å². The highest BCUT2D eigenvalue weighted by atomic mass is 35.5. The average Bonchev–Trinajstić information content (AvgIpc) is 2.91. The molecular weight excluding hydrogens is 300 g/mol. The molecule has 0 unspecified atom stereocenters. The molecule has 0 aliphatic carbocycles. The molecule has 22 heavy (non-hydrogen) atoms. The van der Waals surface area contributed by atoms with Crippen LogP contribution in [0.1, 0.15) is 11.1 Å². The van der Waals surface area contributed by atoms with E-state index in [0.717, 1.165) is 24.4 Å². The molecule has 0 aromatic heterocycles. The van der Waals surface area contributed by atoms with E-state index in [4.69, 9.17) is 4.99 Å². The standard InChI is InChI=1S/C17H18N2O2.ClH/c20-15-7-6-13(9-16(15)21)10-17-18-11-14(19-17)8-12-4-2-1-3-5-12;/h1-7,9,14,20-21H,8,10-11H2,(H,18,19);1H/t14-;/m0./s1. The summed E-state index contributed by atoms with van der Waals surface area (Å²) in [6.07, 6.45) is 1.57. The van der Waals surface area contributed by atoms with Crippen LogP contribution in [-0.2, 0) is 12.8 Å². The molecule has 1 aliphatic rings. The van der Waals surface area contributed by atoms with Crippen LogP contribution in [0.4, 0.5) is 0 Å². The number of rotatable bonds is 4. The summed E-state index contributed by atoms with van der Waals surface area (Å²) in [4.78, 5) is 4.69. The number of halogens is 1. The normalized spacial score (nSPS) is 16.5. The average molecular weight is 319 g/mol. The number of aromatic hydroxyl groups is 2. The first-order chi connectivity index (χ1) is 10.2. The summed E-state index contributed by atoms with van der Waals surface area (Å²) in [6.45, 7) is 0.842. The van der Waals surface area contributed by atoms with Crippen molar-refractivity contribution in [2.75, 3.05) is 6.54 Å². The van der Waals surface area contributed by atoms with Crippen molar-refractivity contribution in [2.24, 2.45) is 4.99 Å². The van der Waals surface area contributed by atoms with Crippen LogP contribution in [0.2, 0.25) is 0 Å². The molecule has 0 spiro atoms. The molecule has 3 rings (SSSR count). The molecular formula is C17H19ClN2O2. The van der Waals surface area contributed by atoms with E-state index in [1.807, 2.05) is 18.2 Å². The molecule has 0 bridgehead atoms. The van der Waals surface area contributed by atoms with Gasteiger partial charge in [0.05, 0.1) is 6.04 Å². The molecule has 2 aromatic rings. The van der Waals surface area contributed by atoms with Gasteiger partial charge in [-0.3, -0.25) is 4.99 Å². The van der Waals surface area contributed by atoms with Crippen molar-refractivity contribution < 1.29 is 10.2 Å². The molecule has 0 amide bonds. The molecule has 1 heterocycles. The minimum Gasteiger partial charge on any atom is -0.504 e. The third-order valence-corrected chi connectivity index (χ3v) is 3.61. The highest BCUT2D eigenvalue weighted by Gasteiger charge is 2.17. The molecule has 1 aliphatic heterocycles. The van der Waals surface area contributed by atoms with Crippen molar-refractivity contribution in [3.8, 4) is 11.5 Å². The lowest BCUT2D eigenvalue weighted by molar-refractivity contribution is 0.403. The molecule has 3 N–H and O–H groups in total. The second kappa shape index (κ2) is 7.18. The number of phenolic OH excluding ortho intramolecular Hbond substituents is 2. The molecule has 5 heteroatoms. The Morgan fingerprint density at radius 2 is 1.77 bits per heavy atom. The van der Waals surface area contributed by atoms with E-state index in [1.165, 1.54) is 11.6 Å². The highest BCUT2D eigenvalue weighted by Crippen LogP contribution is 2.25. The number of nitrogens with zero attached hydrogens (tertiary/aromatic N) is 1. The summed E-state index contributed by atoms with van der Waals surface area (Å²) < 4.78 is 0. The number of amidine groups is 1. The maximum atomic E-state index is 9.51. The third kappa shape index (κ3) is 3.92. The van der Waals surface area contributed by atoms with Crippen LogP contribution in [-0.4, -0.2) is 28.6 Å². The largest absolute Gasteiger partial charge is 0.504 e. The zero-order valence-corrected chi connectivity index (χ0v) is 12.9. The van der Waals surface area contributed by atoms with Crippen molar-refractivity contribution >= 4 is 18.2 Å². The summed E-state index contributed by atoms with van der Waals surface area (Å²) in [6, 6.07) is 15.5. The fraction of sp³-hybridized carbons (Fsp3) is 0.235. The Bertz CT molecular complexity index is 659. The van der Waals surface area contributed by atoms with Gasteiger partial charge in [-0.2, -0.15) is 0 Å². The highest BCUT2D eigenvalue weighted by molar-refractivity contribution is 5.86. The van der Waals surface area contributed by atoms with E-state index in [-0.39, 0.29) is 29.9 Å². The summed E-state index contributed by atoms with van der Waals surface area (Å²) >= 11 is 0. The van der Waals surface area contributed by atoms with Crippen molar-refractivity contribution in [2.45, 2.75) is 18.9 Å². The molecule has 0 radical (unpaired) electrons. The van der Waals surface area contributed by atoms with Crippen LogP contribution >= 0.6 is 12.4 Å². The first-order valence-corrected chi connectivity index (χ1v) is 7.06. The van der Waals surface area contributed by atoms with Gasteiger partial charge >= 0.3 is 0 Å². The Hall–Kier alpha value is -2.20. The van der Waals surface area contributed by atoms with E-state index in [9.17, 15) is 10.2 Å². The smallest absolute Gasteiger partial charge is 0.157 e. The fourth-order valence-electron chi connectivity index (χ4n) is 2.53. The van der Waals surface area contributed by atoms with Gasteiger partial charge < -0.3 is 15.5 Å². The monoisotopic (exact) mass is 318 g/mol. The van der Waals surface area contributed by atoms with Crippen LogP contribution in [0.3, 0.4) is 0 Å². The van der Waals surface area contributed by atoms with E-state index >= 15 is 0 Å². The van der Waals surface area contributed by atoms with Gasteiger partial charge in [0, 0.05) is 13.0 Å². The first-order valence-electron chi connectivity index (χ1n) is 7.06. The zero-order chi connectivity index (χ0) is 14.7. The van der Waals surface area contributed by atoms with Crippen LogP contribution in [0, 0.1) is 0 Å². The van der Waals surface area contributed by atoms with Gasteiger partial charge in [0.25, 0.3) is 0 Å². The van der Waals surface area contributed by atoms with Crippen LogP contribution < -0.4 is 5.32 Å². The SMILES string of the molecule is Cl.Oc1ccc(CC2=N[C@@H](Cc3ccccc3)CN2)cc1O. The van der Waals surface area contributed by atoms with Gasteiger partial charge in [-0.1, -0.05) is 36.4 Å². The van der Waals surface area contributed by atoms with E-state index in [1.54, 1.807) is 12.1 Å². The quantitative estimate of drug-likeness (QED) is 0.759. The Labute approximate surface area is 135 Å². The molecule has 2 aromatic carbocycles. The van der Waals surface area contributed by atoms with Crippen LogP contribution in [0.5, 0.6) is 11.5 Å². The lowest BCUT2D eigenvalue weighted by Gasteiger charge is -2.04. The minimum atomic E-state index is -0.0953. The maximum absolute atomic E-state index is 9.51.